The Labute approximate surface area is 97.9 Å². The number of carbonyl (C=O) groups is 1. The molecule has 0 spiro atoms. The van der Waals surface area contributed by atoms with E-state index >= 15 is 0 Å². The average Bonchev–Trinajstić information content (AvgIpc) is 2.69. The molecule has 1 heteroatoms. The van der Waals surface area contributed by atoms with Gasteiger partial charge in [-0.3, -0.25) is 4.79 Å². The maximum absolute atomic E-state index is 12.5. The maximum atomic E-state index is 12.5. The van der Waals surface area contributed by atoms with Crippen molar-refractivity contribution in [3.05, 3.63) is 34.9 Å². The van der Waals surface area contributed by atoms with Gasteiger partial charge in [-0.15, -0.1) is 0 Å². The Morgan fingerprint density at radius 1 is 1.19 bits per heavy atom. The standard InChI is InChI=1S/C15H20O/c1-11-6-7-12(2)13(10-11)14(16)15(3)8-4-5-9-15/h6-7,10H,4-5,8-9H2,1-3H3. The van der Waals surface area contributed by atoms with E-state index in [0.29, 0.717) is 5.78 Å². The molecule has 1 saturated carbocycles. The second kappa shape index (κ2) is 4.04. The normalized spacial score (nSPS) is 18.7. The third-order valence-electron chi connectivity index (χ3n) is 3.89. The summed E-state index contributed by atoms with van der Waals surface area (Å²) in [7, 11) is 0. The minimum atomic E-state index is -0.0987. The van der Waals surface area contributed by atoms with Gasteiger partial charge in [-0.2, -0.15) is 0 Å². The number of ketones is 1. The first-order valence-corrected chi connectivity index (χ1v) is 6.15. The van der Waals surface area contributed by atoms with Crippen molar-refractivity contribution in [2.24, 2.45) is 5.41 Å². The predicted molar refractivity (Wildman–Crippen MR) is 66.8 cm³/mol. The molecule has 1 aromatic rings. The molecule has 0 aliphatic heterocycles. The summed E-state index contributed by atoms with van der Waals surface area (Å²) in [6.45, 7) is 6.21. The van der Waals surface area contributed by atoms with Crippen LogP contribution >= 0.6 is 0 Å². The molecular weight excluding hydrogens is 196 g/mol. The van der Waals surface area contributed by atoms with E-state index in [2.05, 4.69) is 19.1 Å². The molecule has 0 saturated heterocycles. The average molecular weight is 216 g/mol. The fourth-order valence-electron chi connectivity index (χ4n) is 2.69. The predicted octanol–water partition coefficient (Wildman–Crippen LogP) is 4.07. The van der Waals surface area contributed by atoms with E-state index in [-0.39, 0.29) is 5.41 Å². The zero-order valence-electron chi connectivity index (χ0n) is 10.5. The van der Waals surface area contributed by atoms with Crippen LogP contribution in [0.15, 0.2) is 18.2 Å². The maximum Gasteiger partial charge on any atom is 0.168 e. The van der Waals surface area contributed by atoms with Crippen LogP contribution in [-0.4, -0.2) is 5.78 Å². The first-order valence-electron chi connectivity index (χ1n) is 6.15. The van der Waals surface area contributed by atoms with E-state index in [1.807, 2.05) is 19.9 Å². The van der Waals surface area contributed by atoms with Crippen LogP contribution < -0.4 is 0 Å². The number of hydrogen-bond donors (Lipinski definition) is 0. The number of rotatable bonds is 2. The van der Waals surface area contributed by atoms with Gasteiger partial charge in [-0.1, -0.05) is 37.5 Å². The van der Waals surface area contributed by atoms with E-state index in [9.17, 15) is 4.79 Å². The number of hydrogen-bond acceptors (Lipinski definition) is 1. The highest BCUT2D eigenvalue weighted by molar-refractivity contribution is 6.01. The lowest BCUT2D eigenvalue weighted by Gasteiger charge is -2.22. The summed E-state index contributed by atoms with van der Waals surface area (Å²) in [6, 6.07) is 6.17. The summed E-state index contributed by atoms with van der Waals surface area (Å²) in [5, 5.41) is 0. The minimum Gasteiger partial charge on any atom is -0.294 e. The first-order chi connectivity index (χ1) is 7.53. The zero-order valence-corrected chi connectivity index (χ0v) is 10.5. The second-order valence-electron chi connectivity index (χ2n) is 5.42. The number of carbonyl (C=O) groups excluding carboxylic acids is 1. The molecule has 1 aliphatic rings. The monoisotopic (exact) mass is 216 g/mol. The van der Waals surface area contributed by atoms with Crippen molar-refractivity contribution in [3.63, 3.8) is 0 Å². The topological polar surface area (TPSA) is 17.1 Å². The quantitative estimate of drug-likeness (QED) is 0.681. The summed E-state index contributed by atoms with van der Waals surface area (Å²) in [5.74, 6) is 0.353. The fraction of sp³-hybridized carbons (Fsp3) is 0.533. The van der Waals surface area contributed by atoms with Gasteiger partial charge in [-0.05, 0) is 38.3 Å². The van der Waals surface area contributed by atoms with E-state index in [1.54, 1.807) is 0 Å². The Morgan fingerprint density at radius 2 is 1.81 bits per heavy atom. The molecule has 86 valence electrons. The highest BCUT2D eigenvalue weighted by Crippen LogP contribution is 2.40. The largest absolute Gasteiger partial charge is 0.294 e. The number of aryl methyl sites for hydroxylation is 2. The van der Waals surface area contributed by atoms with Crippen molar-refractivity contribution in [1.82, 2.24) is 0 Å². The molecule has 0 bridgehead atoms. The Hall–Kier alpha value is -1.11. The van der Waals surface area contributed by atoms with Gasteiger partial charge in [0.1, 0.15) is 0 Å². The third kappa shape index (κ3) is 1.91. The molecule has 1 aromatic carbocycles. The van der Waals surface area contributed by atoms with Crippen LogP contribution in [0.2, 0.25) is 0 Å². The van der Waals surface area contributed by atoms with Crippen molar-refractivity contribution < 1.29 is 4.79 Å². The van der Waals surface area contributed by atoms with Crippen molar-refractivity contribution >= 4 is 5.78 Å². The lowest BCUT2D eigenvalue weighted by Crippen LogP contribution is -2.25. The molecule has 16 heavy (non-hydrogen) atoms. The fourth-order valence-corrected chi connectivity index (χ4v) is 2.69. The van der Waals surface area contributed by atoms with Crippen molar-refractivity contribution in [2.45, 2.75) is 46.5 Å². The van der Waals surface area contributed by atoms with Gasteiger partial charge >= 0.3 is 0 Å². The molecule has 1 aliphatic carbocycles. The summed E-state index contributed by atoms with van der Waals surface area (Å²) in [4.78, 5) is 12.5. The van der Waals surface area contributed by atoms with Gasteiger partial charge in [0.15, 0.2) is 5.78 Å². The molecule has 0 heterocycles. The van der Waals surface area contributed by atoms with E-state index in [4.69, 9.17) is 0 Å². The number of Topliss-reactive ketones (excluding diaryl/α,β-unsaturated/α-hetero) is 1. The Balaban J connectivity index is 2.36. The molecule has 1 nitrogen and oxygen atoms in total. The van der Waals surface area contributed by atoms with Crippen LogP contribution in [0.25, 0.3) is 0 Å². The molecule has 0 unspecified atom stereocenters. The zero-order chi connectivity index (χ0) is 11.8. The molecule has 2 rings (SSSR count). The summed E-state index contributed by atoms with van der Waals surface area (Å²) in [5.41, 5.74) is 3.13. The Kier molecular flexibility index (Phi) is 2.88. The van der Waals surface area contributed by atoms with Gasteiger partial charge in [0.2, 0.25) is 0 Å². The van der Waals surface area contributed by atoms with Gasteiger partial charge in [0.25, 0.3) is 0 Å². The van der Waals surface area contributed by atoms with Crippen LogP contribution in [-0.2, 0) is 0 Å². The van der Waals surface area contributed by atoms with Crippen LogP contribution in [0, 0.1) is 19.3 Å². The summed E-state index contributed by atoms with van der Waals surface area (Å²) in [6.07, 6.45) is 4.51. The molecular formula is C15H20O. The highest BCUT2D eigenvalue weighted by Gasteiger charge is 2.37. The lowest BCUT2D eigenvalue weighted by atomic mass is 9.79. The summed E-state index contributed by atoms with van der Waals surface area (Å²) >= 11 is 0. The van der Waals surface area contributed by atoms with Gasteiger partial charge in [0.05, 0.1) is 0 Å². The van der Waals surface area contributed by atoms with E-state index < -0.39 is 0 Å². The third-order valence-corrected chi connectivity index (χ3v) is 3.89. The van der Waals surface area contributed by atoms with E-state index in [0.717, 1.165) is 24.0 Å². The smallest absolute Gasteiger partial charge is 0.168 e. The van der Waals surface area contributed by atoms with Gasteiger partial charge in [0, 0.05) is 11.0 Å². The van der Waals surface area contributed by atoms with Crippen LogP contribution in [0.5, 0.6) is 0 Å². The molecule has 0 atom stereocenters. The molecule has 0 N–H and O–H groups in total. The van der Waals surface area contributed by atoms with Crippen LogP contribution in [0.3, 0.4) is 0 Å². The van der Waals surface area contributed by atoms with E-state index in [1.165, 1.54) is 18.4 Å². The molecule has 1 fully saturated rings. The van der Waals surface area contributed by atoms with Crippen molar-refractivity contribution in [2.75, 3.05) is 0 Å². The van der Waals surface area contributed by atoms with Crippen LogP contribution in [0.1, 0.15) is 54.1 Å². The van der Waals surface area contributed by atoms with Crippen molar-refractivity contribution in [1.29, 1.82) is 0 Å². The number of benzene rings is 1. The lowest BCUT2D eigenvalue weighted by molar-refractivity contribution is 0.0822. The summed E-state index contributed by atoms with van der Waals surface area (Å²) < 4.78 is 0. The molecule has 0 amide bonds. The van der Waals surface area contributed by atoms with Crippen molar-refractivity contribution in [3.8, 4) is 0 Å². The van der Waals surface area contributed by atoms with Gasteiger partial charge < -0.3 is 0 Å². The molecule has 0 aromatic heterocycles. The minimum absolute atomic E-state index is 0.0987. The Bertz CT molecular complexity index is 411. The molecule has 0 radical (unpaired) electrons. The van der Waals surface area contributed by atoms with Gasteiger partial charge in [-0.25, -0.2) is 0 Å². The second-order valence-corrected chi connectivity index (χ2v) is 5.42. The SMILES string of the molecule is Cc1ccc(C)c(C(=O)C2(C)CCCC2)c1. The highest BCUT2D eigenvalue weighted by atomic mass is 16.1. The Morgan fingerprint density at radius 3 is 2.44 bits per heavy atom. The first kappa shape index (κ1) is 11.4. The van der Waals surface area contributed by atoms with Crippen LogP contribution in [0.4, 0.5) is 0 Å².